The topological polar surface area (TPSA) is 77.6 Å². The molecule has 0 aliphatic rings. The number of carbonyl (C=O) groups is 2. The molecule has 144 valence electrons. The van der Waals surface area contributed by atoms with Crippen LogP contribution in [0.15, 0.2) is 42.7 Å². The molecule has 0 radical (unpaired) electrons. The maximum Gasteiger partial charge on any atom is 0.322 e. The zero-order valence-corrected chi connectivity index (χ0v) is 15.7. The third-order valence-electron chi connectivity index (χ3n) is 3.73. The highest BCUT2D eigenvalue weighted by Crippen LogP contribution is 2.20. The number of benzene rings is 1. The van der Waals surface area contributed by atoms with Crippen LogP contribution >= 0.6 is 0 Å². The predicted octanol–water partition coefficient (Wildman–Crippen LogP) is 2.77. The largest absolute Gasteiger partial charge is 0.324 e. The van der Waals surface area contributed by atoms with Crippen molar-refractivity contribution in [1.82, 2.24) is 14.8 Å². The highest BCUT2D eigenvalue weighted by molar-refractivity contribution is 5.92. The first-order valence-electron chi connectivity index (χ1n) is 8.52. The van der Waals surface area contributed by atoms with Crippen molar-refractivity contribution in [3.05, 3.63) is 54.1 Å². The summed E-state index contributed by atoms with van der Waals surface area (Å²) in [5.41, 5.74) is 1.32. The first-order valence-corrected chi connectivity index (χ1v) is 8.52. The van der Waals surface area contributed by atoms with Gasteiger partial charge in [0.15, 0.2) is 0 Å². The minimum Gasteiger partial charge on any atom is -0.324 e. The van der Waals surface area contributed by atoms with E-state index in [1.54, 1.807) is 17.3 Å². The van der Waals surface area contributed by atoms with Crippen LogP contribution in [0.25, 0.3) is 0 Å². The van der Waals surface area contributed by atoms with Gasteiger partial charge in [0.1, 0.15) is 5.82 Å². The van der Waals surface area contributed by atoms with Crippen molar-refractivity contribution in [2.24, 2.45) is 0 Å². The van der Waals surface area contributed by atoms with Crippen molar-refractivity contribution in [2.45, 2.75) is 13.5 Å². The van der Waals surface area contributed by atoms with E-state index in [1.165, 1.54) is 25.1 Å². The third-order valence-corrected chi connectivity index (χ3v) is 3.73. The Morgan fingerprint density at radius 3 is 2.56 bits per heavy atom. The predicted molar refractivity (Wildman–Crippen MR) is 103 cm³/mol. The highest BCUT2D eigenvalue weighted by atomic mass is 19.1. The molecule has 3 amide bonds. The highest BCUT2D eigenvalue weighted by Gasteiger charge is 2.15. The van der Waals surface area contributed by atoms with Gasteiger partial charge in [-0.2, -0.15) is 0 Å². The maximum atomic E-state index is 13.8. The maximum absolute atomic E-state index is 13.8. The molecule has 0 saturated heterocycles. The Morgan fingerprint density at radius 1 is 1.15 bits per heavy atom. The number of nitrogens with zero attached hydrogens (tertiary/aromatic N) is 3. The summed E-state index contributed by atoms with van der Waals surface area (Å²) in [6, 6.07) is 7.44. The Morgan fingerprint density at radius 2 is 1.93 bits per heavy atom. The molecule has 1 aromatic heterocycles. The van der Waals surface area contributed by atoms with Gasteiger partial charge >= 0.3 is 6.03 Å². The van der Waals surface area contributed by atoms with Gasteiger partial charge in [-0.3, -0.25) is 9.78 Å². The molecule has 0 bridgehead atoms. The van der Waals surface area contributed by atoms with Crippen LogP contribution in [0.4, 0.5) is 20.6 Å². The first-order chi connectivity index (χ1) is 12.8. The summed E-state index contributed by atoms with van der Waals surface area (Å²) >= 11 is 0. The van der Waals surface area contributed by atoms with Gasteiger partial charge in [0.2, 0.25) is 5.91 Å². The molecule has 2 aromatic rings. The summed E-state index contributed by atoms with van der Waals surface area (Å²) in [6.45, 7) is 2.89. The van der Waals surface area contributed by atoms with E-state index >= 15 is 0 Å². The number of hydrogen-bond donors (Lipinski definition) is 2. The van der Waals surface area contributed by atoms with E-state index in [4.69, 9.17) is 0 Å². The number of amides is 3. The minimum absolute atomic E-state index is 0.0207. The quantitative estimate of drug-likeness (QED) is 0.782. The molecule has 0 aliphatic carbocycles. The molecular formula is C19H24FN5O2. The van der Waals surface area contributed by atoms with Crippen LogP contribution in [-0.2, 0) is 11.3 Å². The average Bonchev–Trinajstić information content (AvgIpc) is 2.61. The SMILES string of the molecule is CC(=O)Nc1cc(NC(=O)N(CCN(C)C)Cc2cccnc2)ccc1F. The van der Waals surface area contributed by atoms with Crippen LogP contribution in [-0.4, -0.2) is 53.9 Å². The van der Waals surface area contributed by atoms with Gasteiger partial charge in [-0.15, -0.1) is 0 Å². The molecule has 2 rings (SSSR count). The van der Waals surface area contributed by atoms with Gasteiger partial charge in [0, 0.05) is 44.6 Å². The number of aromatic nitrogens is 1. The van der Waals surface area contributed by atoms with Crippen LogP contribution in [0.5, 0.6) is 0 Å². The number of pyridine rings is 1. The summed E-state index contributed by atoms with van der Waals surface area (Å²) in [4.78, 5) is 31.6. The van der Waals surface area contributed by atoms with Gasteiger partial charge in [0.25, 0.3) is 0 Å². The fourth-order valence-electron chi connectivity index (χ4n) is 2.38. The van der Waals surface area contributed by atoms with Crippen LogP contribution in [0.2, 0.25) is 0 Å². The number of nitrogens with one attached hydrogen (secondary N) is 2. The average molecular weight is 373 g/mol. The van der Waals surface area contributed by atoms with Gasteiger partial charge < -0.3 is 20.4 Å². The number of rotatable bonds is 7. The lowest BCUT2D eigenvalue weighted by atomic mass is 10.2. The Labute approximate surface area is 158 Å². The molecule has 0 aliphatic heterocycles. The van der Waals surface area contributed by atoms with Crippen LogP contribution in [0, 0.1) is 5.82 Å². The van der Waals surface area contributed by atoms with E-state index in [2.05, 4.69) is 15.6 Å². The van der Waals surface area contributed by atoms with E-state index in [1.807, 2.05) is 31.1 Å². The van der Waals surface area contributed by atoms with Crippen molar-refractivity contribution in [2.75, 3.05) is 37.8 Å². The number of anilines is 2. The Kier molecular flexibility index (Phi) is 7.25. The summed E-state index contributed by atoms with van der Waals surface area (Å²) < 4.78 is 13.8. The van der Waals surface area contributed by atoms with Crippen LogP contribution in [0.1, 0.15) is 12.5 Å². The van der Waals surface area contributed by atoms with Crippen molar-refractivity contribution in [1.29, 1.82) is 0 Å². The molecular weight excluding hydrogens is 349 g/mol. The van der Waals surface area contributed by atoms with E-state index < -0.39 is 5.82 Å². The van der Waals surface area contributed by atoms with E-state index in [0.717, 1.165) is 5.56 Å². The molecule has 0 spiro atoms. The fourth-order valence-corrected chi connectivity index (χ4v) is 2.38. The Balaban J connectivity index is 2.13. The zero-order valence-electron chi connectivity index (χ0n) is 15.7. The lowest BCUT2D eigenvalue weighted by Gasteiger charge is -2.25. The smallest absolute Gasteiger partial charge is 0.322 e. The van der Waals surface area contributed by atoms with Crippen molar-refractivity contribution < 1.29 is 14.0 Å². The van der Waals surface area contributed by atoms with Gasteiger partial charge in [-0.25, -0.2) is 9.18 Å². The van der Waals surface area contributed by atoms with Gasteiger partial charge in [0.05, 0.1) is 5.69 Å². The third kappa shape index (κ3) is 6.67. The molecule has 0 fully saturated rings. The van der Waals surface area contributed by atoms with Crippen molar-refractivity contribution in [3.63, 3.8) is 0 Å². The zero-order chi connectivity index (χ0) is 19.8. The number of likely N-dealkylation sites (N-methyl/N-ethyl adjacent to an activating group) is 1. The monoisotopic (exact) mass is 373 g/mol. The number of urea groups is 1. The van der Waals surface area contributed by atoms with Crippen molar-refractivity contribution in [3.8, 4) is 0 Å². The molecule has 7 nitrogen and oxygen atoms in total. The summed E-state index contributed by atoms with van der Waals surface area (Å²) in [5, 5.41) is 5.16. The van der Waals surface area contributed by atoms with E-state index in [9.17, 15) is 14.0 Å². The van der Waals surface area contributed by atoms with E-state index in [0.29, 0.717) is 25.3 Å². The number of hydrogen-bond acceptors (Lipinski definition) is 4. The molecule has 0 atom stereocenters. The molecule has 0 unspecified atom stereocenters. The summed E-state index contributed by atoms with van der Waals surface area (Å²) in [5.74, 6) is -0.954. The summed E-state index contributed by atoms with van der Waals surface area (Å²) in [6.07, 6.45) is 3.39. The molecule has 0 saturated carbocycles. The Bertz CT molecular complexity index is 783. The second-order valence-corrected chi connectivity index (χ2v) is 6.39. The standard InChI is InChI=1S/C19H24FN5O2/c1-14(26)22-18-11-16(6-7-17(18)20)23-19(27)25(10-9-24(2)3)13-15-5-4-8-21-12-15/h4-8,11-12H,9-10,13H2,1-3H3,(H,22,26)(H,23,27). The lowest BCUT2D eigenvalue weighted by molar-refractivity contribution is -0.114. The molecule has 27 heavy (non-hydrogen) atoms. The molecule has 1 heterocycles. The molecule has 1 aromatic carbocycles. The van der Waals surface area contributed by atoms with Crippen LogP contribution < -0.4 is 10.6 Å². The number of halogens is 1. The lowest BCUT2D eigenvalue weighted by Crippen LogP contribution is -2.39. The molecule has 2 N–H and O–H groups in total. The van der Waals surface area contributed by atoms with Gasteiger partial charge in [-0.05, 0) is 43.9 Å². The second kappa shape index (κ2) is 9.63. The van der Waals surface area contributed by atoms with E-state index in [-0.39, 0.29) is 17.6 Å². The summed E-state index contributed by atoms with van der Waals surface area (Å²) in [7, 11) is 3.86. The Hall–Kier alpha value is -3.00. The van der Waals surface area contributed by atoms with Crippen LogP contribution in [0.3, 0.4) is 0 Å². The minimum atomic E-state index is -0.567. The first kappa shape index (κ1) is 20.3. The number of carbonyl (C=O) groups excluding carboxylic acids is 2. The second-order valence-electron chi connectivity index (χ2n) is 6.39. The van der Waals surface area contributed by atoms with Crippen molar-refractivity contribution >= 4 is 23.3 Å². The fraction of sp³-hybridized carbons (Fsp3) is 0.316. The van der Waals surface area contributed by atoms with Gasteiger partial charge in [-0.1, -0.05) is 6.07 Å². The molecule has 8 heteroatoms. The normalized spacial score (nSPS) is 10.6.